The first-order valence-electron chi connectivity index (χ1n) is 7.41. The Morgan fingerprint density at radius 3 is 2.52 bits per heavy atom. The van der Waals surface area contributed by atoms with E-state index in [0.29, 0.717) is 13.0 Å². The molecule has 0 saturated heterocycles. The predicted molar refractivity (Wildman–Crippen MR) is 77.7 cm³/mol. The summed E-state index contributed by atoms with van der Waals surface area (Å²) in [5.41, 5.74) is 0.646. The van der Waals surface area contributed by atoms with Crippen molar-refractivity contribution in [1.29, 1.82) is 0 Å². The molecule has 116 valence electrons. The lowest BCUT2D eigenvalue weighted by Crippen LogP contribution is -2.33. The second-order valence-electron chi connectivity index (χ2n) is 6.21. The summed E-state index contributed by atoms with van der Waals surface area (Å²) < 4.78 is 5.24. The monoisotopic (exact) mass is 293 g/mol. The summed E-state index contributed by atoms with van der Waals surface area (Å²) >= 11 is 0. The Labute approximate surface area is 124 Å². The fourth-order valence-corrected chi connectivity index (χ4v) is 3.24. The van der Waals surface area contributed by atoms with E-state index in [1.54, 1.807) is 18.2 Å². The molecule has 5 heteroatoms. The largest absolute Gasteiger partial charge is 0.481 e. The maximum absolute atomic E-state index is 12.4. The Balaban J connectivity index is 1.98. The fourth-order valence-electron chi connectivity index (χ4n) is 3.24. The van der Waals surface area contributed by atoms with E-state index in [1.165, 1.54) is 0 Å². The van der Waals surface area contributed by atoms with E-state index >= 15 is 0 Å². The molecule has 0 aliphatic heterocycles. The number of nitrogens with zero attached hydrogens (tertiary/aromatic N) is 1. The molecule has 0 radical (unpaired) electrons. The summed E-state index contributed by atoms with van der Waals surface area (Å²) in [6, 6.07) is 1.86. The van der Waals surface area contributed by atoms with Gasteiger partial charge in [-0.1, -0.05) is 12.8 Å². The van der Waals surface area contributed by atoms with Crippen molar-refractivity contribution >= 4 is 11.9 Å². The summed E-state index contributed by atoms with van der Waals surface area (Å²) in [5.74, 6) is 0.0209. The molecule has 1 N–H and O–H groups in total. The zero-order valence-corrected chi connectivity index (χ0v) is 12.7. The molecule has 0 unspecified atom stereocenters. The fraction of sp³-hybridized carbons (Fsp3) is 0.625. The molecule has 1 saturated carbocycles. The Hall–Kier alpha value is -1.78. The highest BCUT2D eigenvalue weighted by molar-refractivity contribution is 5.78. The molecule has 1 heterocycles. The van der Waals surface area contributed by atoms with Crippen LogP contribution in [0.4, 0.5) is 0 Å². The molecule has 1 fully saturated rings. The number of aliphatic carboxylic acids is 1. The summed E-state index contributed by atoms with van der Waals surface area (Å²) in [6.07, 6.45) is 5.75. The minimum Gasteiger partial charge on any atom is -0.481 e. The van der Waals surface area contributed by atoms with Crippen LogP contribution in [0.5, 0.6) is 0 Å². The number of carbonyl (C=O) groups excluding carboxylic acids is 1. The first kappa shape index (κ1) is 15.6. The molecule has 1 aromatic heterocycles. The van der Waals surface area contributed by atoms with Crippen LogP contribution in [0.1, 0.15) is 49.8 Å². The third kappa shape index (κ3) is 3.86. The topological polar surface area (TPSA) is 70.8 Å². The van der Waals surface area contributed by atoms with Crippen LogP contribution in [0.3, 0.4) is 0 Å². The van der Waals surface area contributed by atoms with E-state index in [0.717, 1.165) is 37.0 Å². The molecule has 2 rings (SSSR count). The van der Waals surface area contributed by atoms with Gasteiger partial charge >= 0.3 is 5.97 Å². The molecule has 1 amide bonds. The second kappa shape index (κ2) is 6.33. The standard InChI is InChI=1S/C16H23NO4/c1-12-13(5-8-21-12)11-17(2)14(18)9-16(10-15(19)20)6-3-4-7-16/h5,8H,3-4,6-7,9-11H2,1-2H3,(H,19,20). The van der Waals surface area contributed by atoms with Crippen LogP contribution in [-0.4, -0.2) is 28.9 Å². The number of amides is 1. The van der Waals surface area contributed by atoms with Gasteiger partial charge in [-0.15, -0.1) is 0 Å². The SMILES string of the molecule is Cc1occc1CN(C)C(=O)CC1(CC(=O)O)CCCC1. The smallest absolute Gasteiger partial charge is 0.303 e. The van der Waals surface area contributed by atoms with E-state index < -0.39 is 5.97 Å². The highest BCUT2D eigenvalue weighted by atomic mass is 16.4. The van der Waals surface area contributed by atoms with Crippen LogP contribution in [0.15, 0.2) is 16.7 Å². The number of carboxylic acids is 1. The van der Waals surface area contributed by atoms with Gasteiger partial charge in [0.05, 0.1) is 12.7 Å². The number of hydrogen-bond donors (Lipinski definition) is 1. The Morgan fingerprint density at radius 2 is 2.00 bits per heavy atom. The van der Waals surface area contributed by atoms with Crippen molar-refractivity contribution in [3.8, 4) is 0 Å². The average molecular weight is 293 g/mol. The molecular weight excluding hydrogens is 270 g/mol. The molecule has 21 heavy (non-hydrogen) atoms. The van der Waals surface area contributed by atoms with Gasteiger partial charge in [0.25, 0.3) is 0 Å². The van der Waals surface area contributed by atoms with E-state index in [4.69, 9.17) is 9.52 Å². The normalized spacial score (nSPS) is 16.9. The van der Waals surface area contributed by atoms with E-state index in [-0.39, 0.29) is 17.7 Å². The molecule has 1 aromatic rings. The molecule has 0 atom stereocenters. The molecule has 0 bridgehead atoms. The van der Waals surface area contributed by atoms with Crippen LogP contribution in [0.2, 0.25) is 0 Å². The predicted octanol–water partition coefficient (Wildman–Crippen LogP) is 2.97. The Bertz CT molecular complexity index is 514. The number of hydrogen-bond acceptors (Lipinski definition) is 3. The molecule has 0 aromatic carbocycles. The maximum atomic E-state index is 12.4. The van der Waals surface area contributed by atoms with Gasteiger partial charge in [-0.3, -0.25) is 9.59 Å². The minimum atomic E-state index is -0.807. The number of rotatable bonds is 6. The van der Waals surface area contributed by atoms with Gasteiger partial charge in [-0.25, -0.2) is 0 Å². The second-order valence-corrected chi connectivity index (χ2v) is 6.21. The van der Waals surface area contributed by atoms with E-state index in [1.807, 2.05) is 13.0 Å². The third-order valence-corrected chi connectivity index (χ3v) is 4.52. The zero-order chi connectivity index (χ0) is 15.5. The summed E-state index contributed by atoms with van der Waals surface area (Å²) in [6.45, 7) is 2.38. The first-order valence-corrected chi connectivity index (χ1v) is 7.41. The summed E-state index contributed by atoms with van der Waals surface area (Å²) in [5, 5.41) is 9.10. The Morgan fingerprint density at radius 1 is 1.33 bits per heavy atom. The van der Waals surface area contributed by atoms with Crippen molar-refractivity contribution < 1.29 is 19.1 Å². The van der Waals surface area contributed by atoms with Gasteiger partial charge in [-0.05, 0) is 31.2 Å². The lowest BCUT2D eigenvalue weighted by molar-refractivity contribution is -0.141. The van der Waals surface area contributed by atoms with Gasteiger partial charge in [0.15, 0.2) is 0 Å². The number of aryl methyl sites for hydroxylation is 1. The lowest BCUT2D eigenvalue weighted by Gasteiger charge is -2.29. The summed E-state index contributed by atoms with van der Waals surface area (Å²) in [7, 11) is 1.76. The third-order valence-electron chi connectivity index (χ3n) is 4.52. The highest BCUT2D eigenvalue weighted by Gasteiger charge is 2.38. The van der Waals surface area contributed by atoms with Crippen molar-refractivity contribution in [2.24, 2.45) is 5.41 Å². The van der Waals surface area contributed by atoms with Gasteiger partial charge in [0, 0.05) is 25.6 Å². The number of carboxylic acid groups (broad SMARTS) is 1. The quantitative estimate of drug-likeness (QED) is 0.875. The lowest BCUT2D eigenvalue weighted by atomic mass is 9.79. The van der Waals surface area contributed by atoms with Gasteiger partial charge in [-0.2, -0.15) is 0 Å². The van der Waals surface area contributed by atoms with Crippen molar-refractivity contribution in [1.82, 2.24) is 4.90 Å². The van der Waals surface area contributed by atoms with Gasteiger partial charge < -0.3 is 14.4 Å². The molecule has 1 aliphatic rings. The van der Waals surface area contributed by atoms with E-state index in [2.05, 4.69) is 0 Å². The van der Waals surface area contributed by atoms with E-state index in [9.17, 15) is 9.59 Å². The van der Waals surface area contributed by atoms with Crippen LogP contribution in [0, 0.1) is 12.3 Å². The number of carbonyl (C=O) groups is 2. The summed E-state index contributed by atoms with van der Waals surface area (Å²) in [4.78, 5) is 25.2. The maximum Gasteiger partial charge on any atom is 0.303 e. The van der Waals surface area contributed by atoms with Crippen LogP contribution in [-0.2, 0) is 16.1 Å². The van der Waals surface area contributed by atoms with Crippen LogP contribution in [0.25, 0.3) is 0 Å². The van der Waals surface area contributed by atoms with Crippen LogP contribution < -0.4 is 0 Å². The first-order chi connectivity index (χ1) is 9.92. The van der Waals surface area contributed by atoms with Gasteiger partial charge in [0.2, 0.25) is 5.91 Å². The minimum absolute atomic E-state index is 0.0127. The highest BCUT2D eigenvalue weighted by Crippen LogP contribution is 2.44. The van der Waals surface area contributed by atoms with Crippen molar-refractivity contribution in [3.63, 3.8) is 0 Å². The molecular formula is C16H23NO4. The zero-order valence-electron chi connectivity index (χ0n) is 12.7. The average Bonchev–Trinajstić information content (AvgIpc) is 2.99. The van der Waals surface area contributed by atoms with Crippen molar-refractivity contribution in [2.75, 3.05) is 7.05 Å². The van der Waals surface area contributed by atoms with Crippen molar-refractivity contribution in [2.45, 2.75) is 52.0 Å². The number of furan rings is 1. The Kier molecular flexibility index (Phi) is 4.70. The molecule has 0 spiro atoms. The molecule has 1 aliphatic carbocycles. The molecule has 5 nitrogen and oxygen atoms in total. The van der Waals surface area contributed by atoms with Crippen LogP contribution >= 0.6 is 0 Å². The van der Waals surface area contributed by atoms with Gasteiger partial charge in [0.1, 0.15) is 5.76 Å². The van der Waals surface area contributed by atoms with Crippen molar-refractivity contribution in [3.05, 3.63) is 23.7 Å².